The first-order valence-corrected chi connectivity index (χ1v) is 13.7. The minimum Gasteiger partial charge on any atom is -0.497 e. The number of nitrogens with zero attached hydrogens (tertiary/aromatic N) is 2. The van der Waals surface area contributed by atoms with E-state index >= 15 is 0 Å². The molecule has 0 unspecified atom stereocenters. The molecule has 1 saturated heterocycles. The summed E-state index contributed by atoms with van der Waals surface area (Å²) in [6, 6.07) is 9.63. The first-order valence-electron chi connectivity index (χ1n) is 11.8. The van der Waals surface area contributed by atoms with Crippen LogP contribution in [0, 0.1) is 11.8 Å². The molecule has 0 saturated carbocycles. The highest BCUT2D eigenvalue weighted by Crippen LogP contribution is 2.34. The number of aliphatic hydroxyl groups is 1. The molecule has 0 radical (unpaired) electrons. The summed E-state index contributed by atoms with van der Waals surface area (Å²) < 4.78 is 5.34. The van der Waals surface area contributed by atoms with Gasteiger partial charge in [0.2, 0.25) is 0 Å². The van der Waals surface area contributed by atoms with E-state index in [0.717, 1.165) is 53.9 Å². The lowest BCUT2D eigenvalue weighted by atomic mass is 9.81. The van der Waals surface area contributed by atoms with Crippen molar-refractivity contribution in [3.05, 3.63) is 52.9 Å². The van der Waals surface area contributed by atoms with E-state index in [1.54, 1.807) is 24.6 Å². The lowest BCUT2D eigenvalue weighted by Gasteiger charge is -2.37. The topological polar surface area (TPSA) is 82.9 Å². The number of aromatic nitrogens is 1. The van der Waals surface area contributed by atoms with Crippen LogP contribution in [0.25, 0.3) is 10.9 Å². The van der Waals surface area contributed by atoms with Crippen LogP contribution in [0.2, 0.25) is 0 Å². The first kappa shape index (κ1) is 25.0. The maximum absolute atomic E-state index is 12.0. The van der Waals surface area contributed by atoms with Crippen LogP contribution in [0.5, 0.6) is 5.75 Å². The molecule has 0 aliphatic carbocycles. The van der Waals surface area contributed by atoms with Crippen LogP contribution in [0.3, 0.4) is 0 Å². The average molecular weight is 501 g/mol. The van der Waals surface area contributed by atoms with Gasteiger partial charge in [-0.15, -0.1) is 11.8 Å². The normalized spacial score (nSPS) is 19.8. The Labute approximate surface area is 209 Å². The Bertz CT molecular complexity index is 1080. The second kappa shape index (κ2) is 12.0. The molecule has 3 aromatic rings. The molecule has 4 rings (SSSR count). The van der Waals surface area contributed by atoms with Crippen LogP contribution in [0.4, 0.5) is 0 Å². The van der Waals surface area contributed by atoms with Gasteiger partial charge in [0.25, 0.3) is 0 Å². The van der Waals surface area contributed by atoms with Gasteiger partial charge in [0, 0.05) is 28.4 Å². The largest absolute Gasteiger partial charge is 0.497 e. The summed E-state index contributed by atoms with van der Waals surface area (Å²) in [6.45, 7) is 2.44. The van der Waals surface area contributed by atoms with E-state index in [9.17, 15) is 15.0 Å². The van der Waals surface area contributed by atoms with Gasteiger partial charge < -0.3 is 19.8 Å². The molecule has 2 N–H and O–H groups in total. The van der Waals surface area contributed by atoms with E-state index in [1.807, 2.05) is 36.0 Å². The Morgan fingerprint density at radius 3 is 3.00 bits per heavy atom. The molecular weight excluding hydrogens is 468 g/mol. The molecule has 3 heterocycles. The van der Waals surface area contributed by atoms with Gasteiger partial charge in [0.05, 0.1) is 24.6 Å². The molecule has 1 aliphatic rings. The molecule has 3 atom stereocenters. The molecule has 1 aromatic carbocycles. The van der Waals surface area contributed by atoms with Gasteiger partial charge in [0.1, 0.15) is 5.75 Å². The van der Waals surface area contributed by atoms with Crippen molar-refractivity contribution < 1.29 is 19.7 Å². The predicted octanol–water partition coefficient (Wildman–Crippen LogP) is 5.32. The lowest BCUT2D eigenvalue weighted by molar-refractivity contribution is -0.146. The van der Waals surface area contributed by atoms with E-state index < -0.39 is 12.1 Å². The standard InChI is InChI=1S/C26H32N2O4S2/c1-32-19-4-5-24-22(15-19)21(7-10-27-24)25(29)6-3-18-8-12-28(16-23(18)26(30)31)11-2-13-34-20-9-14-33-17-20/h4-5,7,9-10,14-15,17-18,23,25,29H,2-3,6,8,11-13,16H2,1H3,(H,30,31)/t18-,23+,25-/m1/s1. The van der Waals surface area contributed by atoms with E-state index in [4.69, 9.17) is 4.74 Å². The van der Waals surface area contributed by atoms with Crippen molar-refractivity contribution in [3.8, 4) is 5.75 Å². The third kappa shape index (κ3) is 6.30. The number of rotatable bonds is 11. The van der Waals surface area contributed by atoms with E-state index in [1.165, 1.54) is 4.90 Å². The second-order valence-electron chi connectivity index (χ2n) is 8.83. The summed E-state index contributed by atoms with van der Waals surface area (Å²) in [5.74, 6) is 0.730. The zero-order valence-electron chi connectivity index (χ0n) is 19.4. The summed E-state index contributed by atoms with van der Waals surface area (Å²) in [6.07, 6.45) is 4.17. The monoisotopic (exact) mass is 500 g/mol. The molecular formula is C26H32N2O4S2. The summed E-state index contributed by atoms with van der Waals surface area (Å²) in [5, 5.41) is 26.0. The van der Waals surface area contributed by atoms with Crippen molar-refractivity contribution >= 4 is 40.0 Å². The van der Waals surface area contributed by atoms with Gasteiger partial charge in [-0.2, -0.15) is 11.3 Å². The Hall–Kier alpha value is -2.13. The van der Waals surface area contributed by atoms with Crippen LogP contribution in [-0.2, 0) is 4.79 Å². The number of hydrogen-bond donors (Lipinski definition) is 2. The average Bonchev–Trinajstić information content (AvgIpc) is 3.38. The number of ether oxygens (including phenoxy) is 1. The number of aliphatic hydroxyl groups excluding tert-OH is 1. The molecule has 1 aliphatic heterocycles. The van der Waals surface area contributed by atoms with Crippen molar-refractivity contribution in [1.29, 1.82) is 0 Å². The fourth-order valence-electron chi connectivity index (χ4n) is 4.80. The highest BCUT2D eigenvalue weighted by atomic mass is 32.2. The summed E-state index contributed by atoms with van der Waals surface area (Å²) in [5.41, 5.74) is 1.63. The van der Waals surface area contributed by atoms with Gasteiger partial charge in [-0.25, -0.2) is 0 Å². The second-order valence-corrected chi connectivity index (χ2v) is 10.8. The number of piperidine rings is 1. The molecule has 0 amide bonds. The highest BCUT2D eigenvalue weighted by Gasteiger charge is 2.34. The number of fused-ring (bicyclic) bond motifs is 1. The summed E-state index contributed by atoms with van der Waals surface area (Å²) in [7, 11) is 1.62. The third-order valence-corrected chi connectivity index (χ3v) is 8.60. The van der Waals surface area contributed by atoms with Gasteiger partial charge in [0.15, 0.2) is 0 Å². The molecule has 182 valence electrons. The number of pyridine rings is 1. The Morgan fingerprint density at radius 1 is 1.35 bits per heavy atom. The predicted molar refractivity (Wildman–Crippen MR) is 138 cm³/mol. The molecule has 34 heavy (non-hydrogen) atoms. The smallest absolute Gasteiger partial charge is 0.308 e. The van der Waals surface area contributed by atoms with Crippen molar-refractivity contribution in [2.45, 2.75) is 36.7 Å². The summed E-state index contributed by atoms with van der Waals surface area (Å²) >= 11 is 3.58. The number of carboxylic acids is 1. The van der Waals surface area contributed by atoms with Crippen molar-refractivity contribution in [1.82, 2.24) is 9.88 Å². The third-order valence-electron chi connectivity index (χ3n) is 6.69. The summed E-state index contributed by atoms with van der Waals surface area (Å²) in [4.78, 5) is 20.0. The number of carbonyl (C=O) groups is 1. The number of methoxy groups -OCH3 is 1. The van der Waals surface area contributed by atoms with Crippen LogP contribution >= 0.6 is 23.1 Å². The Kier molecular flexibility index (Phi) is 8.83. The quantitative estimate of drug-likeness (QED) is 0.272. The van der Waals surface area contributed by atoms with Gasteiger partial charge in [-0.3, -0.25) is 9.78 Å². The number of benzene rings is 1. The van der Waals surface area contributed by atoms with Crippen LogP contribution in [0.15, 0.2) is 52.2 Å². The van der Waals surface area contributed by atoms with E-state index in [2.05, 4.69) is 26.7 Å². The minimum atomic E-state index is -0.726. The zero-order chi connectivity index (χ0) is 23.9. The maximum atomic E-state index is 12.0. The van der Waals surface area contributed by atoms with Gasteiger partial charge in [-0.1, -0.05) is 0 Å². The van der Waals surface area contributed by atoms with Crippen LogP contribution in [-0.4, -0.2) is 58.6 Å². The lowest BCUT2D eigenvalue weighted by Crippen LogP contribution is -2.44. The molecule has 0 spiro atoms. The van der Waals surface area contributed by atoms with Crippen LogP contribution in [0.1, 0.15) is 37.4 Å². The van der Waals surface area contributed by atoms with Crippen molar-refractivity contribution in [3.63, 3.8) is 0 Å². The van der Waals surface area contributed by atoms with Crippen LogP contribution < -0.4 is 4.74 Å². The molecule has 0 bridgehead atoms. The SMILES string of the molecule is COc1ccc2nccc([C@H](O)CC[C@@H]3CCN(CCCSc4ccsc4)C[C@@H]3C(=O)O)c2c1. The van der Waals surface area contributed by atoms with Gasteiger partial charge >= 0.3 is 5.97 Å². The number of thioether (sulfide) groups is 1. The Morgan fingerprint density at radius 2 is 2.24 bits per heavy atom. The number of carboxylic acid groups (broad SMARTS) is 1. The molecule has 8 heteroatoms. The first-order chi connectivity index (χ1) is 16.5. The van der Waals surface area contributed by atoms with E-state index in [-0.39, 0.29) is 11.8 Å². The number of likely N-dealkylation sites (tertiary alicyclic amines) is 1. The van der Waals surface area contributed by atoms with Crippen molar-refractivity contribution in [2.75, 3.05) is 32.5 Å². The maximum Gasteiger partial charge on any atom is 0.308 e. The molecule has 2 aromatic heterocycles. The van der Waals surface area contributed by atoms with Gasteiger partial charge in [-0.05, 0) is 91.7 Å². The fraction of sp³-hybridized carbons (Fsp3) is 0.462. The van der Waals surface area contributed by atoms with E-state index in [0.29, 0.717) is 19.4 Å². The Balaban J connectivity index is 1.31. The zero-order valence-corrected chi connectivity index (χ0v) is 21.1. The fourth-order valence-corrected chi connectivity index (χ4v) is 6.52. The number of thiophene rings is 1. The number of aliphatic carboxylic acids is 1. The minimum absolute atomic E-state index is 0.0752. The van der Waals surface area contributed by atoms with Crippen molar-refractivity contribution in [2.24, 2.45) is 11.8 Å². The molecule has 6 nitrogen and oxygen atoms in total. The number of hydrogen-bond acceptors (Lipinski definition) is 7. The molecule has 1 fully saturated rings. The highest BCUT2D eigenvalue weighted by molar-refractivity contribution is 7.99.